The first-order valence-electron chi connectivity index (χ1n) is 4.56. The van der Waals surface area contributed by atoms with E-state index < -0.39 is 0 Å². The summed E-state index contributed by atoms with van der Waals surface area (Å²) in [7, 11) is 3.42. The number of aliphatic hydroxyl groups excluding tert-OH is 1. The number of carbonyl (C=O) groups is 1. The summed E-state index contributed by atoms with van der Waals surface area (Å²) < 4.78 is 4.88. The Kier molecular flexibility index (Phi) is 7.63. The number of methoxy groups -OCH3 is 1. The lowest BCUT2D eigenvalue weighted by Gasteiger charge is -2.16. The molecule has 1 N–H and O–H groups in total. The highest BCUT2D eigenvalue weighted by molar-refractivity contribution is 5.75. The molecule has 0 spiro atoms. The van der Waals surface area contributed by atoms with Crippen LogP contribution in [0.4, 0.5) is 0 Å². The Morgan fingerprint density at radius 3 is 2.69 bits per heavy atom. The van der Waals surface area contributed by atoms with Crippen molar-refractivity contribution >= 4 is 5.91 Å². The standard InChI is InChI=1S/C9H19NO3/c1-10(6-4-8-13-2)9(12)5-3-7-11/h11H,3-8H2,1-2H3. The van der Waals surface area contributed by atoms with Gasteiger partial charge in [0.25, 0.3) is 0 Å². The van der Waals surface area contributed by atoms with Crippen LogP contribution in [0.15, 0.2) is 0 Å². The lowest BCUT2D eigenvalue weighted by molar-refractivity contribution is -0.130. The van der Waals surface area contributed by atoms with Crippen molar-refractivity contribution in [3.05, 3.63) is 0 Å². The largest absolute Gasteiger partial charge is 0.396 e. The summed E-state index contributed by atoms with van der Waals surface area (Å²) in [6, 6.07) is 0. The van der Waals surface area contributed by atoms with Crippen molar-refractivity contribution in [1.82, 2.24) is 4.90 Å². The van der Waals surface area contributed by atoms with Gasteiger partial charge >= 0.3 is 0 Å². The Morgan fingerprint density at radius 1 is 1.46 bits per heavy atom. The average molecular weight is 189 g/mol. The second-order valence-corrected chi connectivity index (χ2v) is 2.99. The Morgan fingerprint density at radius 2 is 2.15 bits per heavy atom. The molecule has 0 aliphatic heterocycles. The molecule has 78 valence electrons. The van der Waals surface area contributed by atoms with Crippen molar-refractivity contribution < 1.29 is 14.6 Å². The minimum atomic E-state index is 0.0810. The zero-order valence-electron chi connectivity index (χ0n) is 8.45. The lowest BCUT2D eigenvalue weighted by atomic mass is 10.3. The van der Waals surface area contributed by atoms with E-state index in [0.717, 1.165) is 13.0 Å². The highest BCUT2D eigenvalue weighted by Gasteiger charge is 2.06. The quantitative estimate of drug-likeness (QED) is 0.584. The van der Waals surface area contributed by atoms with Crippen LogP contribution in [0.1, 0.15) is 19.3 Å². The van der Waals surface area contributed by atoms with Gasteiger partial charge in [-0.25, -0.2) is 0 Å². The number of ether oxygens (including phenoxy) is 1. The Balaban J connectivity index is 3.45. The predicted octanol–water partition coefficient (Wildman–Crippen LogP) is 0.254. The van der Waals surface area contributed by atoms with E-state index in [2.05, 4.69) is 0 Å². The van der Waals surface area contributed by atoms with Gasteiger partial charge in [-0.3, -0.25) is 4.79 Å². The van der Waals surface area contributed by atoms with E-state index in [0.29, 0.717) is 19.4 Å². The molecule has 0 aliphatic carbocycles. The highest BCUT2D eigenvalue weighted by atomic mass is 16.5. The maximum atomic E-state index is 11.3. The van der Waals surface area contributed by atoms with E-state index in [1.165, 1.54) is 0 Å². The summed E-state index contributed by atoms with van der Waals surface area (Å²) in [5, 5.41) is 8.52. The van der Waals surface area contributed by atoms with E-state index in [4.69, 9.17) is 9.84 Å². The van der Waals surface area contributed by atoms with Crippen LogP contribution < -0.4 is 0 Å². The summed E-state index contributed by atoms with van der Waals surface area (Å²) >= 11 is 0. The third-order valence-corrected chi connectivity index (χ3v) is 1.82. The summed E-state index contributed by atoms with van der Waals surface area (Å²) in [5.74, 6) is 0.0881. The Labute approximate surface area is 79.5 Å². The van der Waals surface area contributed by atoms with Crippen molar-refractivity contribution in [2.45, 2.75) is 19.3 Å². The zero-order chi connectivity index (χ0) is 10.1. The van der Waals surface area contributed by atoms with E-state index in [9.17, 15) is 4.79 Å². The highest BCUT2D eigenvalue weighted by Crippen LogP contribution is 1.96. The number of nitrogens with zero attached hydrogens (tertiary/aromatic N) is 1. The molecule has 0 aromatic rings. The molecule has 0 heterocycles. The predicted molar refractivity (Wildman–Crippen MR) is 50.4 cm³/mol. The van der Waals surface area contributed by atoms with Gasteiger partial charge in [-0.05, 0) is 12.8 Å². The molecule has 0 aromatic carbocycles. The van der Waals surface area contributed by atoms with Gasteiger partial charge < -0.3 is 14.7 Å². The monoisotopic (exact) mass is 189 g/mol. The third-order valence-electron chi connectivity index (χ3n) is 1.82. The summed E-state index contributed by atoms with van der Waals surface area (Å²) in [6.45, 7) is 1.48. The van der Waals surface area contributed by atoms with Crippen LogP contribution in [0.5, 0.6) is 0 Å². The molecule has 1 amide bonds. The summed E-state index contributed by atoms with van der Waals surface area (Å²) in [6.07, 6.45) is 1.84. The Bertz CT molecular complexity index is 139. The van der Waals surface area contributed by atoms with Gasteiger partial charge in [0.05, 0.1) is 0 Å². The van der Waals surface area contributed by atoms with Crippen LogP contribution in [-0.4, -0.2) is 49.8 Å². The first-order valence-corrected chi connectivity index (χ1v) is 4.56. The third kappa shape index (κ3) is 6.54. The van der Waals surface area contributed by atoms with Crippen LogP contribution in [0.2, 0.25) is 0 Å². The van der Waals surface area contributed by atoms with Gasteiger partial charge in [0.15, 0.2) is 0 Å². The van der Waals surface area contributed by atoms with Crippen molar-refractivity contribution in [2.75, 3.05) is 33.9 Å². The second kappa shape index (κ2) is 8.01. The molecular formula is C9H19NO3. The van der Waals surface area contributed by atoms with E-state index in [1.54, 1.807) is 19.1 Å². The lowest BCUT2D eigenvalue weighted by Crippen LogP contribution is -2.28. The molecule has 0 aromatic heterocycles. The van der Waals surface area contributed by atoms with Crippen LogP contribution in [-0.2, 0) is 9.53 Å². The molecule has 0 radical (unpaired) electrons. The molecule has 0 unspecified atom stereocenters. The first-order chi connectivity index (χ1) is 6.22. The number of hydrogen-bond acceptors (Lipinski definition) is 3. The average Bonchev–Trinajstić information content (AvgIpc) is 2.14. The first kappa shape index (κ1) is 12.4. The molecule has 0 bridgehead atoms. The van der Waals surface area contributed by atoms with Crippen LogP contribution >= 0.6 is 0 Å². The van der Waals surface area contributed by atoms with Gasteiger partial charge in [-0.2, -0.15) is 0 Å². The maximum Gasteiger partial charge on any atom is 0.222 e. The van der Waals surface area contributed by atoms with Gasteiger partial charge in [0.2, 0.25) is 5.91 Å². The summed E-state index contributed by atoms with van der Waals surface area (Å²) in [4.78, 5) is 12.9. The van der Waals surface area contributed by atoms with Gasteiger partial charge in [0, 0.05) is 40.3 Å². The van der Waals surface area contributed by atoms with E-state index in [1.807, 2.05) is 0 Å². The number of aliphatic hydroxyl groups is 1. The van der Waals surface area contributed by atoms with Gasteiger partial charge in [-0.1, -0.05) is 0 Å². The summed E-state index contributed by atoms with van der Waals surface area (Å²) in [5.41, 5.74) is 0. The molecule has 0 atom stereocenters. The topological polar surface area (TPSA) is 49.8 Å². The molecule has 4 nitrogen and oxygen atoms in total. The van der Waals surface area contributed by atoms with Crippen LogP contribution in [0, 0.1) is 0 Å². The van der Waals surface area contributed by atoms with Crippen molar-refractivity contribution in [3.8, 4) is 0 Å². The number of hydrogen-bond donors (Lipinski definition) is 1. The molecule has 0 saturated heterocycles. The minimum Gasteiger partial charge on any atom is -0.396 e. The fourth-order valence-electron chi connectivity index (χ4n) is 0.992. The zero-order valence-corrected chi connectivity index (χ0v) is 8.45. The molecule has 4 heteroatoms. The normalized spacial score (nSPS) is 10.1. The fraction of sp³-hybridized carbons (Fsp3) is 0.889. The van der Waals surface area contributed by atoms with E-state index in [-0.39, 0.29) is 12.5 Å². The molecular weight excluding hydrogens is 170 g/mol. The van der Waals surface area contributed by atoms with Crippen LogP contribution in [0.25, 0.3) is 0 Å². The Hall–Kier alpha value is -0.610. The molecule has 0 rings (SSSR count). The maximum absolute atomic E-state index is 11.3. The SMILES string of the molecule is COCCCN(C)C(=O)CCCO. The van der Waals surface area contributed by atoms with Gasteiger partial charge in [0.1, 0.15) is 0 Å². The second-order valence-electron chi connectivity index (χ2n) is 2.99. The number of amides is 1. The van der Waals surface area contributed by atoms with Crippen molar-refractivity contribution in [3.63, 3.8) is 0 Å². The number of carbonyl (C=O) groups excluding carboxylic acids is 1. The van der Waals surface area contributed by atoms with E-state index >= 15 is 0 Å². The molecule has 0 saturated carbocycles. The smallest absolute Gasteiger partial charge is 0.222 e. The number of rotatable bonds is 7. The van der Waals surface area contributed by atoms with Gasteiger partial charge in [-0.15, -0.1) is 0 Å². The van der Waals surface area contributed by atoms with Crippen LogP contribution in [0.3, 0.4) is 0 Å². The van der Waals surface area contributed by atoms with Crippen molar-refractivity contribution in [1.29, 1.82) is 0 Å². The fourth-order valence-corrected chi connectivity index (χ4v) is 0.992. The minimum absolute atomic E-state index is 0.0810. The van der Waals surface area contributed by atoms with Crippen molar-refractivity contribution in [2.24, 2.45) is 0 Å². The molecule has 0 fully saturated rings. The molecule has 13 heavy (non-hydrogen) atoms. The molecule has 0 aliphatic rings.